The molecule has 13 heteroatoms. The molecule has 0 saturated carbocycles. The van der Waals surface area contributed by atoms with Crippen LogP contribution in [0.4, 0.5) is 13.2 Å². The minimum atomic E-state index is -4.95. The van der Waals surface area contributed by atoms with Crippen molar-refractivity contribution in [3.63, 3.8) is 0 Å². The summed E-state index contributed by atoms with van der Waals surface area (Å²) in [7, 11) is -3.56. The molecule has 1 aliphatic heterocycles. The van der Waals surface area contributed by atoms with Gasteiger partial charge in [0, 0.05) is 30.6 Å². The van der Waals surface area contributed by atoms with Crippen molar-refractivity contribution in [2.75, 3.05) is 7.05 Å². The van der Waals surface area contributed by atoms with E-state index in [1.165, 1.54) is 62.2 Å². The maximum absolute atomic E-state index is 14.8. The fraction of sp³-hybridized carbons (Fsp3) is 0.0769. The fourth-order valence-electron chi connectivity index (χ4n) is 4.26. The third kappa shape index (κ3) is 4.36. The number of carbonyl (C=O) groups excluding carboxylic acids is 1. The topological polar surface area (TPSA) is 128 Å². The lowest BCUT2D eigenvalue weighted by molar-refractivity contribution is -0.129. The van der Waals surface area contributed by atoms with Gasteiger partial charge in [0.05, 0.1) is 0 Å². The lowest BCUT2D eigenvalue weighted by Crippen LogP contribution is -2.41. The number of hydrogen-bond donors (Lipinski definition) is 1. The third-order valence-corrected chi connectivity index (χ3v) is 7.42. The summed E-state index contributed by atoms with van der Waals surface area (Å²) in [6.07, 6.45) is 4.06. The minimum Gasteiger partial charge on any atom is -0.379 e. The quantitative estimate of drug-likeness (QED) is 0.363. The zero-order valence-electron chi connectivity index (χ0n) is 20.0. The van der Waals surface area contributed by atoms with Crippen LogP contribution in [0.5, 0.6) is 5.75 Å². The van der Waals surface area contributed by atoms with Gasteiger partial charge in [0.1, 0.15) is 29.5 Å². The van der Waals surface area contributed by atoms with Crippen molar-refractivity contribution in [3.8, 4) is 16.9 Å². The number of aliphatic imine (C=N–C) groups is 1. The van der Waals surface area contributed by atoms with Crippen molar-refractivity contribution in [3.05, 3.63) is 108 Å². The Morgan fingerprint density at radius 1 is 0.897 bits per heavy atom. The van der Waals surface area contributed by atoms with Gasteiger partial charge in [-0.05, 0) is 47.5 Å². The summed E-state index contributed by atoms with van der Waals surface area (Å²) in [5, 5.41) is 0. The van der Waals surface area contributed by atoms with Crippen molar-refractivity contribution in [2.24, 2.45) is 10.7 Å². The van der Waals surface area contributed by atoms with E-state index in [2.05, 4.69) is 15.0 Å². The number of benzene rings is 3. The van der Waals surface area contributed by atoms with Crippen LogP contribution < -0.4 is 9.92 Å². The van der Waals surface area contributed by atoms with Gasteiger partial charge in [0.25, 0.3) is 5.91 Å². The van der Waals surface area contributed by atoms with E-state index in [1.807, 2.05) is 0 Å². The van der Waals surface area contributed by atoms with Crippen LogP contribution in [0.25, 0.3) is 11.1 Å². The lowest BCUT2D eigenvalue weighted by Gasteiger charge is -2.27. The zero-order chi connectivity index (χ0) is 27.9. The van der Waals surface area contributed by atoms with Crippen LogP contribution in [0.15, 0.2) is 89.3 Å². The number of aromatic nitrogens is 2. The summed E-state index contributed by atoms with van der Waals surface area (Å²) in [4.78, 5) is 25.7. The molecular weight excluding hydrogens is 535 g/mol. The molecule has 0 spiro atoms. The summed E-state index contributed by atoms with van der Waals surface area (Å²) in [5.74, 6) is -4.42. The highest BCUT2D eigenvalue weighted by atomic mass is 32.2. The summed E-state index contributed by atoms with van der Waals surface area (Å²) in [6.45, 7) is 0. The Bertz CT molecular complexity index is 1730. The molecule has 4 aromatic rings. The molecule has 0 fully saturated rings. The number of likely N-dealkylation sites (N-methyl/N-ethyl adjacent to an activating group) is 1. The molecule has 9 nitrogen and oxygen atoms in total. The summed E-state index contributed by atoms with van der Waals surface area (Å²) >= 11 is 0. The second-order valence-electron chi connectivity index (χ2n) is 8.48. The molecule has 0 saturated heterocycles. The summed E-state index contributed by atoms with van der Waals surface area (Å²) < 4.78 is 73.8. The van der Waals surface area contributed by atoms with Crippen molar-refractivity contribution < 1.29 is 30.6 Å². The SMILES string of the molecule is CN1C(=O)C(c2cccc(OS(=O)(=O)c3c(F)cccc3F)c2)(c2ccc(F)c(-c3cncnc3)c2)N=C1N. The van der Waals surface area contributed by atoms with E-state index in [9.17, 15) is 26.4 Å². The van der Waals surface area contributed by atoms with Crippen LogP contribution in [0.1, 0.15) is 11.1 Å². The van der Waals surface area contributed by atoms with Gasteiger partial charge >= 0.3 is 10.1 Å². The van der Waals surface area contributed by atoms with Gasteiger partial charge in [-0.1, -0.05) is 24.3 Å². The molecule has 1 atom stereocenters. The van der Waals surface area contributed by atoms with E-state index in [1.54, 1.807) is 0 Å². The van der Waals surface area contributed by atoms with E-state index in [-0.39, 0.29) is 28.4 Å². The molecule has 0 radical (unpaired) electrons. The Morgan fingerprint density at radius 2 is 1.54 bits per heavy atom. The number of nitrogens with zero attached hydrogens (tertiary/aromatic N) is 4. The van der Waals surface area contributed by atoms with Gasteiger partial charge in [-0.3, -0.25) is 9.69 Å². The van der Waals surface area contributed by atoms with Crippen LogP contribution in [0.2, 0.25) is 0 Å². The lowest BCUT2D eigenvalue weighted by atomic mass is 9.81. The molecular formula is C26H18F3N5O4S. The van der Waals surface area contributed by atoms with Crippen molar-refractivity contribution >= 4 is 22.0 Å². The van der Waals surface area contributed by atoms with Crippen LogP contribution >= 0.6 is 0 Å². The average molecular weight is 554 g/mol. The Kier molecular flexibility index (Phi) is 6.30. The first-order valence-corrected chi connectivity index (χ1v) is 12.6. The third-order valence-electron chi connectivity index (χ3n) is 6.12. The molecule has 0 aliphatic carbocycles. The maximum atomic E-state index is 14.8. The number of rotatable bonds is 6. The number of amides is 1. The van der Waals surface area contributed by atoms with Crippen molar-refractivity contribution in [1.29, 1.82) is 0 Å². The number of nitrogens with two attached hydrogens (primary N) is 1. The molecule has 1 unspecified atom stereocenters. The van der Waals surface area contributed by atoms with Crippen LogP contribution in [-0.4, -0.2) is 42.2 Å². The second-order valence-corrected chi connectivity index (χ2v) is 9.97. The highest BCUT2D eigenvalue weighted by Gasteiger charge is 2.50. The van der Waals surface area contributed by atoms with Crippen LogP contribution in [0, 0.1) is 17.5 Å². The standard InChI is InChI=1S/C26H18F3N5O4S/c1-34-24(35)26(33-25(34)30,17-8-9-20(27)19(11-17)15-12-31-14-32-13-15)16-4-2-5-18(10-16)38-39(36,37)23-21(28)6-3-7-22(23)29/h2-14H,1H3,(H2,30,33). The van der Waals surface area contributed by atoms with Crippen LogP contribution in [0.3, 0.4) is 0 Å². The largest absolute Gasteiger partial charge is 0.379 e. The Morgan fingerprint density at radius 3 is 2.18 bits per heavy atom. The Labute approximate surface area is 220 Å². The zero-order valence-corrected chi connectivity index (χ0v) is 20.9. The fourth-order valence-corrected chi connectivity index (χ4v) is 5.31. The van der Waals surface area contributed by atoms with E-state index < -0.39 is 43.9 Å². The van der Waals surface area contributed by atoms with Gasteiger partial charge in [-0.2, -0.15) is 8.42 Å². The van der Waals surface area contributed by atoms with E-state index in [4.69, 9.17) is 9.92 Å². The monoisotopic (exact) mass is 553 g/mol. The van der Waals surface area contributed by atoms with Gasteiger partial charge in [0.15, 0.2) is 16.4 Å². The van der Waals surface area contributed by atoms with Gasteiger partial charge in [0.2, 0.25) is 0 Å². The van der Waals surface area contributed by atoms with Gasteiger partial charge < -0.3 is 9.92 Å². The van der Waals surface area contributed by atoms with Crippen molar-refractivity contribution in [1.82, 2.24) is 14.9 Å². The normalized spacial score (nSPS) is 17.3. The second kappa shape index (κ2) is 9.51. The van der Waals surface area contributed by atoms with E-state index in [0.717, 1.165) is 29.2 Å². The summed E-state index contributed by atoms with van der Waals surface area (Å²) in [5.41, 5.74) is 4.83. The van der Waals surface area contributed by atoms with Crippen molar-refractivity contribution in [2.45, 2.75) is 10.4 Å². The number of guanidine groups is 1. The predicted molar refractivity (Wildman–Crippen MR) is 133 cm³/mol. The maximum Gasteiger partial charge on any atom is 0.345 e. The molecule has 2 heterocycles. The first-order valence-electron chi connectivity index (χ1n) is 11.2. The summed E-state index contributed by atoms with van der Waals surface area (Å²) in [6, 6.07) is 11.7. The first kappa shape index (κ1) is 25.9. The molecule has 3 aromatic carbocycles. The average Bonchev–Trinajstić information content (AvgIpc) is 3.14. The molecule has 1 aliphatic rings. The Hall–Kier alpha value is -4.78. The number of carbonyl (C=O) groups is 1. The van der Waals surface area contributed by atoms with E-state index in [0.29, 0.717) is 5.56 Å². The first-order chi connectivity index (χ1) is 18.5. The minimum absolute atomic E-state index is 0.0774. The molecule has 1 amide bonds. The highest BCUT2D eigenvalue weighted by Crippen LogP contribution is 2.42. The smallest absolute Gasteiger partial charge is 0.345 e. The molecule has 0 bridgehead atoms. The van der Waals surface area contributed by atoms with Gasteiger partial charge in [-0.25, -0.2) is 28.1 Å². The highest BCUT2D eigenvalue weighted by molar-refractivity contribution is 7.87. The van der Waals surface area contributed by atoms with Crippen LogP contribution in [-0.2, 0) is 20.5 Å². The molecule has 198 valence electrons. The molecule has 5 rings (SSSR count). The Balaban J connectivity index is 1.65. The molecule has 39 heavy (non-hydrogen) atoms. The predicted octanol–water partition coefficient (Wildman–Crippen LogP) is 3.36. The molecule has 2 N–H and O–H groups in total. The number of hydrogen-bond acceptors (Lipinski definition) is 8. The number of halogens is 3. The van der Waals surface area contributed by atoms with Gasteiger partial charge in [-0.15, -0.1) is 0 Å². The molecule has 1 aromatic heterocycles. The van der Waals surface area contributed by atoms with E-state index >= 15 is 0 Å².